The molecule has 2 fully saturated rings. The van der Waals surface area contributed by atoms with Crippen LogP contribution in [0, 0.1) is 11.8 Å². The lowest BCUT2D eigenvalue weighted by molar-refractivity contribution is -0.146. The van der Waals surface area contributed by atoms with Crippen LogP contribution in [-0.2, 0) is 36.9 Å². The number of fused-ring (bicyclic) bond motifs is 3. The number of rotatable bonds is 4. The number of benzene rings is 1. The summed E-state index contributed by atoms with van der Waals surface area (Å²) in [4.78, 5) is 68.8. The number of amides is 4. The molecule has 1 aromatic rings. The smallest absolute Gasteiger partial charge is 0.410 e. The van der Waals surface area contributed by atoms with Gasteiger partial charge in [0.1, 0.15) is 23.7 Å². The maximum Gasteiger partial charge on any atom is 0.410 e. The second-order valence-corrected chi connectivity index (χ2v) is 12.5. The van der Waals surface area contributed by atoms with Crippen LogP contribution < -0.4 is 10.6 Å². The first-order valence-electron chi connectivity index (χ1n) is 15.4. The largest absolute Gasteiger partial charge is 0.479 e. The van der Waals surface area contributed by atoms with Crippen molar-refractivity contribution in [2.75, 3.05) is 13.1 Å². The van der Waals surface area contributed by atoms with E-state index in [0.29, 0.717) is 32.4 Å². The highest BCUT2D eigenvalue weighted by molar-refractivity contribution is 5.96. The van der Waals surface area contributed by atoms with E-state index in [2.05, 4.69) is 10.6 Å². The first-order chi connectivity index (χ1) is 20.6. The molecule has 232 valence electrons. The average molecular weight is 595 g/mol. The van der Waals surface area contributed by atoms with Gasteiger partial charge < -0.3 is 30.3 Å². The summed E-state index contributed by atoms with van der Waals surface area (Å²) in [5.74, 6) is -3.08. The van der Waals surface area contributed by atoms with Gasteiger partial charge in [0.05, 0.1) is 6.54 Å². The summed E-state index contributed by atoms with van der Waals surface area (Å²) in [6.45, 7) is 4.38. The van der Waals surface area contributed by atoms with Gasteiger partial charge in [-0.1, -0.05) is 63.1 Å². The van der Waals surface area contributed by atoms with E-state index in [4.69, 9.17) is 4.74 Å². The standard InChI is InChI=1S/C32H42N4O7/c1-20(2)27(37)33-25-13-7-5-3-4-6-12-23-17-32(23,30(40)41)34-28(38)26-16-24(19-36(26)29(25)39)43-31(42)35-15-14-21-10-8-9-11-22(21)18-35/h6,8-12,20,23-26H,3-5,7,13-19H2,1-2H3,(H,33,37)(H,34,38)(H,40,41)/b12-6-/t23-,24-,25+,26+,32-/m1/s1. The molecule has 1 aromatic carbocycles. The molecule has 5 atom stereocenters. The molecule has 0 spiro atoms. The third kappa shape index (κ3) is 6.70. The fourth-order valence-electron chi connectivity index (χ4n) is 6.35. The Labute approximate surface area is 252 Å². The minimum absolute atomic E-state index is 0.0233. The Kier molecular flexibility index (Phi) is 9.08. The van der Waals surface area contributed by atoms with Crippen LogP contribution in [0.2, 0.25) is 0 Å². The lowest BCUT2D eigenvalue weighted by Gasteiger charge is -2.30. The Morgan fingerprint density at radius 2 is 1.88 bits per heavy atom. The molecule has 0 bridgehead atoms. The first kappa shape index (κ1) is 30.6. The number of aliphatic carboxylic acids is 1. The summed E-state index contributed by atoms with van der Waals surface area (Å²) in [6, 6.07) is 6.04. The Morgan fingerprint density at radius 3 is 2.63 bits per heavy atom. The van der Waals surface area contributed by atoms with E-state index < -0.39 is 47.6 Å². The van der Waals surface area contributed by atoms with Crippen molar-refractivity contribution < 1.29 is 33.8 Å². The van der Waals surface area contributed by atoms with Gasteiger partial charge in [-0.05, 0) is 43.2 Å². The van der Waals surface area contributed by atoms with E-state index in [0.717, 1.165) is 24.8 Å². The third-order valence-electron chi connectivity index (χ3n) is 9.12. The maximum absolute atomic E-state index is 14.0. The molecule has 0 radical (unpaired) electrons. The molecule has 1 saturated carbocycles. The number of nitrogens with one attached hydrogen (secondary N) is 2. The number of hydrogen-bond acceptors (Lipinski definition) is 6. The average Bonchev–Trinajstić information content (AvgIpc) is 3.52. The molecule has 5 rings (SSSR count). The van der Waals surface area contributed by atoms with E-state index in [1.54, 1.807) is 18.7 Å². The highest BCUT2D eigenvalue weighted by atomic mass is 16.6. The topological polar surface area (TPSA) is 145 Å². The van der Waals surface area contributed by atoms with E-state index in [1.807, 2.05) is 36.4 Å². The van der Waals surface area contributed by atoms with E-state index in [9.17, 15) is 29.1 Å². The summed E-state index contributed by atoms with van der Waals surface area (Å²) >= 11 is 0. The fraction of sp³-hybridized carbons (Fsp3) is 0.594. The Morgan fingerprint density at radius 1 is 1.12 bits per heavy atom. The quantitative estimate of drug-likeness (QED) is 0.455. The summed E-state index contributed by atoms with van der Waals surface area (Å²) in [5, 5.41) is 15.6. The van der Waals surface area contributed by atoms with E-state index in [-0.39, 0.29) is 37.1 Å². The molecule has 0 aromatic heterocycles. The van der Waals surface area contributed by atoms with Crippen molar-refractivity contribution in [3.05, 3.63) is 47.5 Å². The van der Waals surface area contributed by atoms with Crippen LogP contribution in [0.5, 0.6) is 0 Å². The van der Waals surface area contributed by atoms with Crippen molar-refractivity contribution in [1.29, 1.82) is 0 Å². The number of carbonyl (C=O) groups is 5. The van der Waals surface area contributed by atoms with Crippen molar-refractivity contribution in [3.63, 3.8) is 0 Å². The normalized spacial score (nSPS) is 30.1. The van der Waals surface area contributed by atoms with Gasteiger partial charge in [0.25, 0.3) is 0 Å². The van der Waals surface area contributed by atoms with Crippen LogP contribution in [0.25, 0.3) is 0 Å². The van der Waals surface area contributed by atoms with Gasteiger partial charge in [-0.2, -0.15) is 0 Å². The van der Waals surface area contributed by atoms with Crippen LogP contribution in [0.3, 0.4) is 0 Å². The maximum atomic E-state index is 14.0. The SMILES string of the molecule is CC(C)C(=O)N[C@H]1CCCCC/C=C\[C@@H]2C[C@@]2(C(=O)O)NC(=O)[C@@H]2C[C@@H](OC(=O)N3CCc4ccccc4C3)CN2C1=O. The zero-order chi connectivity index (χ0) is 30.7. The van der Waals surface area contributed by atoms with Gasteiger partial charge >= 0.3 is 12.1 Å². The molecule has 3 aliphatic heterocycles. The van der Waals surface area contributed by atoms with Gasteiger partial charge in [-0.15, -0.1) is 0 Å². The number of carbonyl (C=O) groups excluding carboxylic acids is 4. The molecular formula is C32H42N4O7. The van der Waals surface area contributed by atoms with Crippen molar-refractivity contribution >= 4 is 29.8 Å². The molecule has 4 amide bonds. The molecule has 11 heteroatoms. The molecule has 43 heavy (non-hydrogen) atoms. The van der Waals surface area contributed by atoms with Crippen LogP contribution in [-0.4, -0.2) is 81.5 Å². The van der Waals surface area contributed by atoms with Crippen molar-refractivity contribution in [3.8, 4) is 0 Å². The van der Waals surface area contributed by atoms with E-state index in [1.165, 1.54) is 10.5 Å². The predicted molar refractivity (Wildman–Crippen MR) is 157 cm³/mol. The minimum atomic E-state index is -1.43. The molecule has 1 saturated heterocycles. The number of nitrogens with zero attached hydrogens (tertiary/aromatic N) is 2. The van der Waals surface area contributed by atoms with Crippen molar-refractivity contribution in [2.45, 2.75) is 95.5 Å². The second-order valence-electron chi connectivity index (χ2n) is 12.5. The summed E-state index contributed by atoms with van der Waals surface area (Å²) in [5.41, 5.74) is 0.815. The summed E-state index contributed by atoms with van der Waals surface area (Å²) in [6.07, 6.45) is 7.11. The lowest BCUT2D eigenvalue weighted by atomic mass is 10.0. The number of carboxylic acid groups (broad SMARTS) is 1. The number of allylic oxidation sites excluding steroid dienone is 1. The number of ether oxygens (including phenoxy) is 1. The van der Waals surface area contributed by atoms with Crippen LogP contribution in [0.15, 0.2) is 36.4 Å². The van der Waals surface area contributed by atoms with Gasteiger partial charge in [-0.3, -0.25) is 14.4 Å². The molecule has 0 unspecified atom stereocenters. The first-order valence-corrected chi connectivity index (χ1v) is 15.4. The monoisotopic (exact) mass is 594 g/mol. The molecule has 4 aliphatic rings. The van der Waals surface area contributed by atoms with Gasteiger partial charge in [-0.25, -0.2) is 9.59 Å². The minimum Gasteiger partial charge on any atom is -0.479 e. The Balaban J connectivity index is 1.36. The Hall–Kier alpha value is -3.89. The van der Waals surface area contributed by atoms with Crippen LogP contribution in [0.4, 0.5) is 4.79 Å². The van der Waals surface area contributed by atoms with Gasteiger partial charge in [0.15, 0.2) is 0 Å². The number of hydrogen-bond donors (Lipinski definition) is 3. The molecular weight excluding hydrogens is 552 g/mol. The number of carboxylic acids is 1. The van der Waals surface area contributed by atoms with Gasteiger partial charge in [0, 0.05) is 31.3 Å². The second kappa shape index (κ2) is 12.8. The van der Waals surface area contributed by atoms with E-state index >= 15 is 0 Å². The third-order valence-corrected chi connectivity index (χ3v) is 9.12. The van der Waals surface area contributed by atoms with Crippen LogP contribution in [0.1, 0.15) is 69.9 Å². The highest BCUT2D eigenvalue weighted by Gasteiger charge is 2.61. The van der Waals surface area contributed by atoms with Crippen molar-refractivity contribution in [1.82, 2.24) is 20.4 Å². The van der Waals surface area contributed by atoms with Gasteiger partial charge in [0.2, 0.25) is 17.7 Å². The fourth-order valence-corrected chi connectivity index (χ4v) is 6.35. The molecule has 3 N–H and O–H groups in total. The Bertz CT molecular complexity index is 1300. The predicted octanol–water partition coefficient (Wildman–Crippen LogP) is 2.77. The zero-order valence-electron chi connectivity index (χ0n) is 24.9. The zero-order valence-corrected chi connectivity index (χ0v) is 24.9. The summed E-state index contributed by atoms with van der Waals surface area (Å²) < 4.78 is 5.87. The van der Waals surface area contributed by atoms with Crippen molar-refractivity contribution in [2.24, 2.45) is 11.8 Å². The van der Waals surface area contributed by atoms with Crippen LogP contribution >= 0.6 is 0 Å². The highest BCUT2D eigenvalue weighted by Crippen LogP contribution is 2.45. The summed E-state index contributed by atoms with van der Waals surface area (Å²) in [7, 11) is 0. The lowest BCUT2D eigenvalue weighted by Crippen LogP contribution is -2.56. The molecule has 11 nitrogen and oxygen atoms in total. The molecule has 1 aliphatic carbocycles. The molecule has 3 heterocycles.